The maximum Gasteiger partial charge on any atom is 0.252 e. The number of likely N-dealkylation sites (tertiary alicyclic amines) is 1. The van der Waals surface area contributed by atoms with Gasteiger partial charge < -0.3 is 14.0 Å². The molecule has 0 N–H and O–H groups in total. The lowest BCUT2D eigenvalue weighted by atomic mass is 10.1. The fourth-order valence-corrected chi connectivity index (χ4v) is 2.37. The molecule has 0 spiro atoms. The van der Waals surface area contributed by atoms with Gasteiger partial charge in [0.1, 0.15) is 12.7 Å². The molecule has 1 atom stereocenters. The van der Waals surface area contributed by atoms with Crippen LogP contribution in [0.5, 0.6) is 0 Å². The van der Waals surface area contributed by atoms with Crippen LogP contribution < -0.4 is 0 Å². The van der Waals surface area contributed by atoms with Gasteiger partial charge in [0, 0.05) is 19.6 Å². The smallest absolute Gasteiger partial charge is 0.252 e. The number of aromatic nitrogens is 2. The molecule has 6 nitrogen and oxygen atoms in total. The molecule has 1 saturated heterocycles. The van der Waals surface area contributed by atoms with Gasteiger partial charge in [0.15, 0.2) is 5.82 Å². The van der Waals surface area contributed by atoms with Gasteiger partial charge in [0.2, 0.25) is 0 Å². The zero-order valence-electron chi connectivity index (χ0n) is 11.1. The van der Waals surface area contributed by atoms with Crippen LogP contribution in [0.1, 0.15) is 24.6 Å². The molecule has 104 valence electrons. The first-order chi connectivity index (χ1) is 9.29. The Balaban J connectivity index is 1.33. The van der Waals surface area contributed by atoms with Crippen LogP contribution in [0.3, 0.4) is 0 Å². The van der Waals surface area contributed by atoms with E-state index in [0.717, 1.165) is 32.5 Å². The second-order valence-electron chi connectivity index (χ2n) is 5.09. The summed E-state index contributed by atoms with van der Waals surface area (Å²) in [5.41, 5.74) is 0. The number of hydrogen-bond acceptors (Lipinski definition) is 6. The minimum absolute atomic E-state index is 0.270. The highest BCUT2D eigenvalue weighted by atomic mass is 16.5. The molecule has 2 aliphatic heterocycles. The molecule has 1 aromatic heterocycles. The Kier molecular flexibility index (Phi) is 3.79. The molecule has 0 saturated carbocycles. The van der Waals surface area contributed by atoms with Crippen LogP contribution in [0.15, 0.2) is 16.9 Å². The molecule has 1 aromatic rings. The van der Waals surface area contributed by atoms with Crippen LogP contribution in [0, 0.1) is 6.92 Å². The SMILES string of the molecule is Cc1noc(COC2CN(CC3CCC=CO3)C2)n1. The van der Waals surface area contributed by atoms with Crippen molar-refractivity contribution in [1.29, 1.82) is 0 Å². The summed E-state index contributed by atoms with van der Waals surface area (Å²) in [6, 6.07) is 0. The third-order valence-corrected chi connectivity index (χ3v) is 3.42. The van der Waals surface area contributed by atoms with Gasteiger partial charge in [-0.15, -0.1) is 0 Å². The van der Waals surface area contributed by atoms with Crippen LogP contribution in [0.2, 0.25) is 0 Å². The van der Waals surface area contributed by atoms with Crippen molar-refractivity contribution in [2.75, 3.05) is 19.6 Å². The van der Waals surface area contributed by atoms with E-state index in [9.17, 15) is 0 Å². The zero-order chi connectivity index (χ0) is 13.1. The average molecular weight is 265 g/mol. The van der Waals surface area contributed by atoms with E-state index in [-0.39, 0.29) is 6.10 Å². The van der Waals surface area contributed by atoms with Crippen LogP contribution in [-0.4, -0.2) is 46.9 Å². The lowest BCUT2D eigenvalue weighted by Crippen LogP contribution is -2.54. The van der Waals surface area contributed by atoms with E-state index in [1.807, 2.05) is 6.26 Å². The van der Waals surface area contributed by atoms with E-state index in [0.29, 0.717) is 24.4 Å². The molecule has 0 bridgehead atoms. The molecule has 0 aromatic carbocycles. The van der Waals surface area contributed by atoms with Crippen molar-refractivity contribution >= 4 is 0 Å². The molecule has 19 heavy (non-hydrogen) atoms. The molecule has 1 unspecified atom stereocenters. The number of allylic oxidation sites excluding steroid dienone is 1. The third-order valence-electron chi connectivity index (χ3n) is 3.42. The summed E-state index contributed by atoms with van der Waals surface area (Å²) in [5.74, 6) is 1.20. The molecule has 3 heterocycles. The molecule has 1 fully saturated rings. The van der Waals surface area contributed by atoms with Crippen molar-refractivity contribution in [2.24, 2.45) is 0 Å². The fraction of sp³-hybridized carbons (Fsp3) is 0.692. The summed E-state index contributed by atoms with van der Waals surface area (Å²) in [7, 11) is 0. The van der Waals surface area contributed by atoms with E-state index in [1.54, 1.807) is 6.92 Å². The van der Waals surface area contributed by atoms with Gasteiger partial charge in [0.25, 0.3) is 5.89 Å². The normalized spacial score (nSPS) is 24.2. The predicted molar refractivity (Wildman–Crippen MR) is 67.3 cm³/mol. The maximum absolute atomic E-state index is 5.70. The molecular weight excluding hydrogens is 246 g/mol. The quantitative estimate of drug-likeness (QED) is 0.799. The number of ether oxygens (including phenoxy) is 2. The van der Waals surface area contributed by atoms with Gasteiger partial charge in [-0.1, -0.05) is 5.16 Å². The predicted octanol–water partition coefficient (Wildman–Crippen LogP) is 1.27. The van der Waals surface area contributed by atoms with Crippen LogP contribution in [0.25, 0.3) is 0 Å². The Morgan fingerprint density at radius 2 is 2.37 bits per heavy atom. The molecule has 0 radical (unpaired) electrons. The topological polar surface area (TPSA) is 60.6 Å². The maximum atomic E-state index is 5.70. The highest BCUT2D eigenvalue weighted by molar-refractivity contribution is 4.88. The van der Waals surface area contributed by atoms with Crippen LogP contribution in [0.4, 0.5) is 0 Å². The summed E-state index contributed by atoms with van der Waals surface area (Å²) < 4.78 is 16.3. The molecule has 0 aliphatic carbocycles. The van der Waals surface area contributed by atoms with Crippen LogP contribution >= 0.6 is 0 Å². The minimum Gasteiger partial charge on any atom is -0.497 e. The van der Waals surface area contributed by atoms with E-state index in [2.05, 4.69) is 21.1 Å². The summed E-state index contributed by atoms with van der Waals surface area (Å²) in [4.78, 5) is 6.46. The lowest BCUT2D eigenvalue weighted by Gasteiger charge is -2.40. The van der Waals surface area contributed by atoms with E-state index >= 15 is 0 Å². The zero-order valence-corrected chi connectivity index (χ0v) is 11.1. The number of rotatable bonds is 5. The number of aryl methyl sites for hydroxylation is 1. The average Bonchev–Trinajstić information content (AvgIpc) is 2.79. The second kappa shape index (κ2) is 5.71. The van der Waals surface area contributed by atoms with Gasteiger partial charge in [-0.05, 0) is 25.8 Å². The fourth-order valence-electron chi connectivity index (χ4n) is 2.37. The number of hydrogen-bond donors (Lipinski definition) is 0. The van der Waals surface area contributed by atoms with Gasteiger partial charge in [-0.3, -0.25) is 4.90 Å². The van der Waals surface area contributed by atoms with E-state index in [1.165, 1.54) is 0 Å². The first-order valence-corrected chi connectivity index (χ1v) is 6.73. The third kappa shape index (κ3) is 3.33. The van der Waals surface area contributed by atoms with Crippen molar-refractivity contribution in [2.45, 2.75) is 38.6 Å². The Morgan fingerprint density at radius 1 is 1.47 bits per heavy atom. The van der Waals surface area contributed by atoms with Crippen molar-refractivity contribution in [3.63, 3.8) is 0 Å². The molecule has 3 rings (SSSR count). The van der Waals surface area contributed by atoms with Gasteiger partial charge in [-0.25, -0.2) is 0 Å². The van der Waals surface area contributed by atoms with E-state index < -0.39 is 0 Å². The van der Waals surface area contributed by atoms with Crippen LogP contribution in [-0.2, 0) is 16.1 Å². The Morgan fingerprint density at radius 3 is 3.05 bits per heavy atom. The summed E-state index contributed by atoms with van der Waals surface area (Å²) in [5, 5.41) is 3.73. The molecule has 0 amide bonds. The molecule has 2 aliphatic rings. The highest BCUT2D eigenvalue weighted by Gasteiger charge is 2.30. The number of nitrogens with zero attached hydrogens (tertiary/aromatic N) is 3. The summed E-state index contributed by atoms with van der Waals surface area (Å²) in [6.07, 6.45) is 6.73. The van der Waals surface area contributed by atoms with Gasteiger partial charge in [0.05, 0.1) is 12.4 Å². The Labute approximate surface area is 112 Å². The van der Waals surface area contributed by atoms with Crippen molar-refractivity contribution in [3.8, 4) is 0 Å². The van der Waals surface area contributed by atoms with E-state index in [4.69, 9.17) is 14.0 Å². The standard InChI is InChI=1S/C13H19N3O3/c1-10-14-13(19-15-10)9-18-12-7-16(8-12)6-11-4-2-3-5-17-11/h3,5,11-12H,2,4,6-9H2,1H3. The Bertz CT molecular complexity index is 440. The second-order valence-corrected chi connectivity index (χ2v) is 5.09. The molecular formula is C13H19N3O3. The molecule has 6 heteroatoms. The largest absolute Gasteiger partial charge is 0.497 e. The lowest BCUT2D eigenvalue weighted by molar-refractivity contribution is -0.0816. The van der Waals surface area contributed by atoms with Crippen molar-refractivity contribution in [3.05, 3.63) is 24.1 Å². The Hall–Kier alpha value is -1.40. The van der Waals surface area contributed by atoms with Gasteiger partial charge in [-0.2, -0.15) is 4.98 Å². The summed E-state index contributed by atoms with van der Waals surface area (Å²) >= 11 is 0. The highest BCUT2D eigenvalue weighted by Crippen LogP contribution is 2.18. The first kappa shape index (κ1) is 12.6. The van der Waals surface area contributed by atoms with Crippen molar-refractivity contribution < 1.29 is 14.0 Å². The minimum atomic E-state index is 0.270. The summed E-state index contributed by atoms with van der Waals surface area (Å²) in [6.45, 7) is 5.11. The monoisotopic (exact) mass is 265 g/mol. The van der Waals surface area contributed by atoms with Crippen molar-refractivity contribution in [1.82, 2.24) is 15.0 Å². The van der Waals surface area contributed by atoms with Gasteiger partial charge >= 0.3 is 0 Å². The first-order valence-electron chi connectivity index (χ1n) is 6.73.